The number of nitrogens with zero attached hydrogens (tertiary/aromatic N) is 3. The van der Waals surface area contributed by atoms with E-state index in [1.165, 1.54) is 42.9 Å². The fourth-order valence-electron chi connectivity index (χ4n) is 3.56. The third kappa shape index (κ3) is 5.22. The molecule has 1 aliphatic heterocycles. The number of sulfonamides is 1. The van der Waals surface area contributed by atoms with Crippen LogP contribution in [0.15, 0.2) is 29.4 Å². The summed E-state index contributed by atoms with van der Waals surface area (Å²) < 4.78 is 38.0. The number of esters is 2. The van der Waals surface area contributed by atoms with Crippen LogP contribution >= 0.6 is 0 Å². The minimum atomic E-state index is -3.74. The molecule has 1 amide bonds. The first-order valence-corrected chi connectivity index (χ1v) is 11.6. The van der Waals surface area contributed by atoms with E-state index in [4.69, 9.17) is 9.47 Å². The van der Waals surface area contributed by atoms with Gasteiger partial charge in [0.25, 0.3) is 10.0 Å². The molecule has 0 bridgehead atoms. The zero-order chi connectivity index (χ0) is 24.3. The molecular weight excluding hydrogens is 452 g/mol. The number of methoxy groups -OCH3 is 2. The van der Waals surface area contributed by atoms with Crippen molar-refractivity contribution in [3.63, 3.8) is 0 Å². The number of hydrogen-bond donors (Lipinski definition) is 1. The maximum atomic E-state index is 12.8. The highest BCUT2D eigenvalue weighted by Gasteiger charge is 2.33. The lowest BCUT2D eigenvalue weighted by molar-refractivity contribution is -0.120. The molecule has 1 saturated heterocycles. The van der Waals surface area contributed by atoms with E-state index in [9.17, 15) is 22.8 Å². The van der Waals surface area contributed by atoms with Gasteiger partial charge in [-0.1, -0.05) is 0 Å². The van der Waals surface area contributed by atoms with Gasteiger partial charge in [-0.15, -0.1) is 0 Å². The monoisotopic (exact) mass is 478 g/mol. The molecule has 2 heterocycles. The molecule has 1 fully saturated rings. The third-order valence-electron chi connectivity index (χ3n) is 5.56. The summed E-state index contributed by atoms with van der Waals surface area (Å²) in [7, 11) is 0.396. The molecule has 0 radical (unpaired) electrons. The number of hydrogen-bond acceptors (Lipinski definition) is 8. The fraction of sp³-hybridized carbons (Fsp3) is 0.429. The van der Waals surface area contributed by atoms with Crippen LogP contribution in [0.1, 0.15) is 39.4 Å². The van der Waals surface area contributed by atoms with Crippen LogP contribution in [0.4, 0.5) is 5.69 Å². The number of ether oxygens (including phenoxy) is 2. The second kappa shape index (κ2) is 9.71. The molecule has 0 aliphatic carbocycles. The van der Waals surface area contributed by atoms with E-state index in [1.54, 1.807) is 18.5 Å². The summed E-state index contributed by atoms with van der Waals surface area (Å²) in [5.41, 5.74) is 0.409. The van der Waals surface area contributed by atoms with Crippen molar-refractivity contribution in [1.82, 2.24) is 13.9 Å². The topological polar surface area (TPSA) is 137 Å². The highest BCUT2D eigenvalue weighted by atomic mass is 32.2. The number of rotatable bonds is 6. The van der Waals surface area contributed by atoms with E-state index in [-0.39, 0.29) is 40.8 Å². The lowest BCUT2D eigenvalue weighted by Gasteiger charge is -2.30. The molecule has 0 saturated carbocycles. The van der Waals surface area contributed by atoms with Gasteiger partial charge in [-0.2, -0.15) is 4.31 Å². The fourth-order valence-corrected chi connectivity index (χ4v) is 5.05. The summed E-state index contributed by atoms with van der Waals surface area (Å²) >= 11 is 0. The van der Waals surface area contributed by atoms with E-state index >= 15 is 0 Å². The number of imidazole rings is 1. The summed E-state index contributed by atoms with van der Waals surface area (Å²) in [6, 6.07) is 4.12. The van der Waals surface area contributed by atoms with Crippen LogP contribution in [-0.2, 0) is 31.3 Å². The average molecular weight is 479 g/mol. The summed E-state index contributed by atoms with van der Waals surface area (Å²) in [4.78, 5) is 40.8. The Hall–Kier alpha value is -3.25. The maximum absolute atomic E-state index is 12.8. The van der Waals surface area contributed by atoms with Gasteiger partial charge in [0.1, 0.15) is 5.82 Å². The Kier molecular flexibility index (Phi) is 7.18. The number of anilines is 1. The van der Waals surface area contributed by atoms with Gasteiger partial charge in [0.15, 0.2) is 5.03 Å². The summed E-state index contributed by atoms with van der Waals surface area (Å²) in [6.45, 7) is 2.06. The minimum absolute atomic E-state index is 0.0135. The van der Waals surface area contributed by atoms with Crippen LogP contribution < -0.4 is 5.32 Å². The summed E-state index contributed by atoms with van der Waals surface area (Å²) in [5, 5.41) is 2.69. The first-order valence-electron chi connectivity index (χ1n) is 10.2. The van der Waals surface area contributed by atoms with Crippen molar-refractivity contribution < 1.29 is 32.3 Å². The van der Waals surface area contributed by atoms with Gasteiger partial charge < -0.3 is 19.4 Å². The Morgan fingerprint density at radius 2 is 1.58 bits per heavy atom. The molecule has 1 aliphatic rings. The molecule has 0 atom stereocenters. The van der Waals surface area contributed by atoms with Crippen LogP contribution in [0.2, 0.25) is 0 Å². The van der Waals surface area contributed by atoms with Crippen LogP contribution in [0.25, 0.3) is 0 Å². The van der Waals surface area contributed by atoms with E-state index in [2.05, 4.69) is 10.3 Å². The molecule has 1 N–H and O–H groups in total. The Morgan fingerprint density at radius 1 is 1.03 bits per heavy atom. The highest BCUT2D eigenvalue weighted by Crippen LogP contribution is 2.25. The Morgan fingerprint density at radius 3 is 2.03 bits per heavy atom. The predicted octanol–water partition coefficient (Wildman–Crippen LogP) is 1.34. The number of amides is 1. The second-order valence-corrected chi connectivity index (χ2v) is 9.57. The van der Waals surface area contributed by atoms with Gasteiger partial charge in [-0.3, -0.25) is 4.79 Å². The first-order chi connectivity index (χ1) is 15.6. The van der Waals surface area contributed by atoms with Crippen molar-refractivity contribution in [2.45, 2.75) is 24.8 Å². The van der Waals surface area contributed by atoms with Crippen LogP contribution in [0.3, 0.4) is 0 Å². The quantitative estimate of drug-likeness (QED) is 0.614. The zero-order valence-corrected chi connectivity index (χ0v) is 19.6. The largest absolute Gasteiger partial charge is 0.465 e. The van der Waals surface area contributed by atoms with Crippen molar-refractivity contribution in [3.8, 4) is 0 Å². The van der Waals surface area contributed by atoms with Gasteiger partial charge in [-0.25, -0.2) is 23.0 Å². The van der Waals surface area contributed by atoms with E-state index < -0.39 is 27.9 Å². The first kappa shape index (κ1) is 24.4. The molecule has 1 aromatic carbocycles. The minimum Gasteiger partial charge on any atom is -0.465 e. The van der Waals surface area contributed by atoms with Crippen molar-refractivity contribution >= 4 is 33.6 Å². The van der Waals surface area contributed by atoms with Crippen molar-refractivity contribution in [2.75, 3.05) is 32.6 Å². The van der Waals surface area contributed by atoms with E-state index in [0.29, 0.717) is 18.7 Å². The number of piperidine rings is 1. The molecular formula is C21H26N4O7S. The summed E-state index contributed by atoms with van der Waals surface area (Å²) in [5.74, 6) is -1.52. The van der Waals surface area contributed by atoms with Gasteiger partial charge in [0, 0.05) is 37.9 Å². The number of aryl methyl sites for hydroxylation is 2. The van der Waals surface area contributed by atoms with Gasteiger partial charge in [0.2, 0.25) is 5.91 Å². The normalized spacial score (nSPS) is 15.2. The number of nitrogens with one attached hydrogen (secondary N) is 1. The SMILES string of the molecule is COC(=O)c1cc(NC(=O)C2CCN(S(=O)(=O)c3cn(C)c(C)n3)CC2)cc(C(=O)OC)c1. The third-order valence-corrected chi connectivity index (χ3v) is 7.33. The molecule has 3 rings (SSSR count). The number of aromatic nitrogens is 2. The van der Waals surface area contributed by atoms with Crippen LogP contribution in [0, 0.1) is 12.8 Å². The summed E-state index contributed by atoms with van der Waals surface area (Å²) in [6.07, 6.45) is 2.10. The molecule has 0 unspecified atom stereocenters. The predicted molar refractivity (Wildman–Crippen MR) is 117 cm³/mol. The number of carbonyl (C=O) groups is 3. The molecule has 12 heteroatoms. The van der Waals surface area contributed by atoms with E-state index in [1.807, 2.05) is 0 Å². The van der Waals surface area contributed by atoms with Crippen LogP contribution in [-0.4, -0.2) is 67.4 Å². The van der Waals surface area contributed by atoms with Crippen LogP contribution in [0.5, 0.6) is 0 Å². The Labute approximate surface area is 191 Å². The van der Waals surface area contributed by atoms with E-state index in [0.717, 1.165) is 0 Å². The number of carbonyl (C=O) groups excluding carboxylic acids is 3. The smallest absolute Gasteiger partial charge is 0.337 e. The Balaban J connectivity index is 1.70. The lowest BCUT2D eigenvalue weighted by Crippen LogP contribution is -2.41. The Bertz CT molecular complexity index is 1130. The molecule has 2 aromatic rings. The van der Waals surface area contributed by atoms with Crippen molar-refractivity contribution in [2.24, 2.45) is 13.0 Å². The molecule has 11 nitrogen and oxygen atoms in total. The van der Waals surface area contributed by atoms with Gasteiger partial charge >= 0.3 is 11.9 Å². The van der Waals surface area contributed by atoms with Crippen molar-refractivity contribution in [3.05, 3.63) is 41.3 Å². The zero-order valence-electron chi connectivity index (χ0n) is 18.8. The molecule has 178 valence electrons. The molecule has 0 spiro atoms. The average Bonchev–Trinajstić information content (AvgIpc) is 3.16. The maximum Gasteiger partial charge on any atom is 0.337 e. The lowest BCUT2D eigenvalue weighted by atomic mass is 9.97. The standard InChI is InChI=1S/C21H26N4O7S/c1-13-22-18(12-24(13)2)33(29,30)25-7-5-14(6-8-25)19(26)23-17-10-15(20(27)31-3)9-16(11-17)21(28)32-4/h9-12,14H,5-8H2,1-4H3,(H,23,26). The second-order valence-electron chi connectivity index (χ2n) is 7.69. The van der Waals surface area contributed by atoms with Gasteiger partial charge in [-0.05, 0) is 38.0 Å². The highest BCUT2D eigenvalue weighted by molar-refractivity contribution is 7.89. The van der Waals surface area contributed by atoms with Gasteiger partial charge in [0.05, 0.1) is 25.3 Å². The molecule has 1 aromatic heterocycles. The van der Waals surface area contributed by atoms with Crippen molar-refractivity contribution in [1.29, 1.82) is 0 Å². The number of benzene rings is 1. The molecule has 33 heavy (non-hydrogen) atoms.